The Kier molecular flexibility index (Phi) is 9.43. The van der Waals surface area contributed by atoms with Crippen LogP contribution < -0.4 is 10.1 Å². The maximum absolute atomic E-state index is 11.4. The van der Waals surface area contributed by atoms with Crippen molar-refractivity contribution in [2.24, 2.45) is 0 Å². The van der Waals surface area contributed by atoms with Crippen molar-refractivity contribution in [3.63, 3.8) is 0 Å². The van der Waals surface area contributed by atoms with E-state index in [1.807, 2.05) is 24.3 Å². The monoisotopic (exact) mass is 505 g/mol. The van der Waals surface area contributed by atoms with Crippen LogP contribution in [0.2, 0.25) is 5.02 Å². The lowest BCUT2D eigenvalue weighted by Gasteiger charge is -2.29. The zero-order chi connectivity index (χ0) is 25.3. The van der Waals surface area contributed by atoms with Crippen LogP contribution in [-0.4, -0.2) is 24.7 Å². The minimum absolute atomic E-state index is 0.00377. The summed E-state index contributed by atoms with van der Waals surface area (Å²) in [5.74, 6) is 0.895. The van der Waals surface area contributed by atoms with Gasteiger partial charge in [0.1, 0.15) is 5.75 Å². The van der Waals surface area contributed by atoms with Crippen LogP contribution in [0.15, 0.2) is 66.7 Å². The third-order valence-electron chi connectivity index (χ3n) is 6.85. The van der Waals surface area contributed by atoms with Gasteiger partial charge in [-0.15, -0.1) is 0 Å². The van der Waals surface area contributed by atoms with Crippen molar-refractivity contribution in [2.45, 2.75) is 71.2 Å². The molecule has 1 amide bonds. The van der Waals surface area contributed by atoms with E-state index in [4.69, 9.17) is 21.1 Å². The molecule has 0 heterocycles. The van der Waals surface area contributed by atoms with Gasteiger partial charge in [0.15, 0.2) is 0 Å². The largest absolute Gasteiger partial charge is 0.490 e. The number of benzene rings is 3. The number of amides is 1. The van der Waals surface area contributed by atoms with E-state index in [1.165, 1.54) is 22.3 Å². The quantitative estimate of drug-likeness (QED) is 0.318. The Bertz CT molecular complexity index is 1150. The fraction of sp³-hybridized carbons (Fsp3) is 0.387. The third kappa shape index (κ3) is 7.35. The van der Waals surface area contributed by atoms with E-state index in [9.17, 15) is 4.79 Å². The van der Waals surface area contributed by atoms with Gasteiger partial charge in [-0.2, -0.15) is 0 Å². The molecular weight excluding hydrogens is 470 g/mol. The van der Waals surface area contributed by atoms with E-state index in [-0.39, 0.29) is 18.1 Å². The summed E-state index contributed by atoms with van der Waals surface area (Å²) < 4.78 is 12.6. The van der Waals surface area contributed by atoms with E-state index in [0.29, 0.717) is 13.2 Å². The number of hydrogen-bond donors (Lipinski definition) is 1. The summed E-state index contributed by atoms with van der Waals surface area (Å²) >= 11 is 6.26. The molecule has 4 nitrogen and oxygen atoms in total. The van der Waals surface area contributed by atoms with Gasteiger partial charge in [-0.1, -0.05) is 67.1 Å². The Balaban J connectivity index is 1.39. The highest BCUT2D eigenvalue weighted by Crippen LogP contribution is 2.32. The van der Waals surface area contributed by atoms with Gasteiger partial charge in [0.2, 0.25) is 5.91 Å². The normalized spacial score (nSPS) is 17.5. The summed E-state index contributed by atoms with van der Waals surface area (Å²) in [7, 11) is 0. The van der Waals surface area contributed by atoms with Crippen molar-refractivity contribution < 1.29 is 14.3 Å². The molecule has 1 N–H and O–H groups in total. The number of ether oxygens (including phenoxy) is 2. The van der Waals surface area contributed by atoms with Crippen LogP contribution in [0, 0.1) is 0 Å². The van der Waals surface area contributed by atoms with Crippen LogP contribution in [-0.2, 0) is 29.0 Å². The highest BCUT2D eigenvalue weighted by Gasteiger charge is 2.23. The Labute approximate surface area is 220 Å². The summed E-state index contributed by atoms with van der Waals surface area (Å²) in [5, 5.41) is 3.67. The van der Waals surface area contributed by atoms with E-state index >= 15 is 0 Å². The zero-order valence-corrected chi connectivity index (χ0v) is 22.0. The van der Waals surface area contributed by atoms with Gasteiger partial charge in [-0.3, -0.25) is 4.79 Å². The number of rotatable bonds is 10. The fourth-order valence-electron chi connectivity index (χ4n) is 4.78. The van der Waals surface area contributed by atoms with Crippen molar-refractivity contribution in [1.82, 2.24) is 5.32 Å². The van der Waals surface area contributed by atoms with Gasteiger partial charge in [-0.05, 0) is 84.5 Å². The molecule has 0 bridgehead atoms. The standard InChI is InChI=1S/C31H36ClNO3/c1-3-23-7-6-9-25(19-23)30-20-29(12-11-24(30)17-18-33-22(2)34)36-28-15-13-27(14-16-28)35-21-26-8-4-5-10-31(26)32/h4-12,19-20,27-28H,3,13-18,21H2,1-2H3,(H,33,34). The SMILES string of the molecule is CCc1cccc(-c2cc(OC3CCC(OCc4ccccc4Cl)CC3)ccc2CCNC(C)=O)c1. The number of halogens is 1. The van der Waals surface area contributed by atoms with E-state index < -0.39 is 0 Å². The van der Waals surface area contributed by atoms with Gasteiger partial charge in [-0.25, -0.2) is 0 Å². The van der Waals surface area contributed by atoms with Crippen molar-refractivity contribution in [1.29, 1.82) is 0 Å². The highest BCUT2D eigenvalue weighted by molar-refractivity contribution is 6.31. The third-order valence-corrected chi connectivity index (χ3v) is 7.22. The molecular formula is C31H36ClNO3. The first-order valence-corrected chi connectivity index (χ1v) is 13.4. The number of aryl methyl sites for hydroxylation is 1. The second kappa shape index (κ2) is 12.9. The molecule has 0 unspecified atom stereocenters. The van der Waals surface area contributed by atoms with E-state index in [0.717, 1.165) is 54.9 Å². The fourth-order valence-corrected chi connectivity index (χ4v) is 4.97. The molecule has 5 heteroatoms. The molecule has 1 aliphatic carbocycles. The lowest BCUT2D eigenvalue weighted by atomic mass is 9.94. The summed E-state index contributed by atoms with van der Waals surface area (Å²) in [6.45, 7) is 4.90. The first kappa shape index (κ1) is 26.2. The van der Waals surface area contributed by atoms with E-state index in [2.05, 4.69) is 54.7 Å². The van der Waals surface area contributed by atoms with Crippen molar-refractivity contribution in [3.05, 3.63) is 88.4 Å². The molecule has 0 saturated heterocycles. The predicted molar refractivity (Wildman–Crippen MR) is 147 cm³/mol. The number of hydrogen-bond acceptors (Lipinski definition) is 3. The second-order valence-corrected chi connectivity index (χ2v) is 9.93. The van der Waals surface area contributed by atoms with Gasteiger partial charge < -0.3 is 14.8 Å². The average Bonchev–Trinajstić information content (AvgIpc) is 2.89. The first-order chi connectivity index (χ1) is 17.5. The van der Waals surface area contributed by atoms with Crippen molar-refractivity contribution >= 4 is 17.5 Å². The highest BCUT2D eigenvalue weighted by atomic mass is 35.5. The lowest BCUT2D eigenvalue weighted by Crippen LogP contribution is -2.28. The Morgan fingerprint density at radius 2 is 1.72 bits per heavy atom. The predicted octanol–water partition coefficient (Wildman–Crippen LogP) is 7.15. The summed E-state index contributed by atoms with van der Waals surface area (Å²) in [6, 6.07) is 22.9. The number of carbonyl (C=O) groups excluding carboxylic acids is 1. The maximum atomic E-state index is 11.4. The van der Waals surface area contributed by atoms with Crippen LogP contribution in [0.1, 0.15) is 56.2 Å². The van der Waals surface area contributed by atoms with Crippen molar-refractivity contribution in [2.75, 3.05) is 6.54 Å². The second-order valence-electron chi connectivity index (χ2n) is 9.52. The number of carbonyl (C=O) groups is 1. The number of nitrogens with one attached hydrogen (secondary N) is 1. The molecule has 0 radical (unpaired) electrons. The van der Waals surface area contributed by atoms with Gasteiger partial charge in [0.25, 0.3) is 0 Å². The van der Waals surface area contributed by atoms with E-state index in [1.54, 1.807) is 6.92 Å². The van der Waals surface area contributed by atoms with Gasteiger partial charge in [0.05, 0.1) is 18.8 Å². The molecule has 4 rings (SSSR count). The molecule has 1 aliphatic rings. The molecule has 1 fully saturated rings. The molecule has 0 aromatic heterocycles. The molecule has 3 aromatic carbocycles. The average molecular weight is 506 g/mol. The topological polar surface area (TPSA) is 47.6 Å². The molecule has 1 saturated carbocycles. The summed E-state index contributed by atoms with van der Waals surface area (Å²) in [5.41, 5.74) is 5.91. The zero-order valence-electron chi connectivity index (χ0n) is 21.3. The van der Waals surface area contributed by atoms with Crippen LogP contribution in [0.5, 0.6) is 5.75 Å². The van der Waals surface area contributed by atoms with Crippen LogP contribution in [0.25, 0.3) is 11.1 Å². The maximum Gasteiger partial charge on any atom is 0.216 e. The smallest absolute Gasteiger partial charge is 0.216 e. The van der Waals surface area contributed by atoms with Crippen molar-refractivity contribution in [3.8, 4) is 16.9 Å². The minimum atomic E-state index is -0.00377. The van der Waals surface area contributed by atoms with Crippen LogP contribution in [0.3, 0.4) is 0 Å². The molecule has 0 aliphatic heterocycles. The molecule has 36 heavy (non-hydrogen) atoms. The van der Waals surface area contributed by atoms with Gasteiger partial charge in [0, 0.05) is 18.5 Å². The molecule has 0 atom stereocenters. The molecule has 0 spiro atoms. The Morgan fingerprint density at radius 3 is 2.47 bits per heavy atom. The minimum Gasteiger partial charge on any atom is -0.490 e. The molecule has 3 aromatic rings. The molecule has 190 valence electrons. The summed E-state index contributed by atoms with van der Waals surface area (Å²) in [4.78, 5) is 11.4. The Hall–Kier alpha value is -2.82. The van der Waals surface area contributed by atoms with Gasteiger partial charge >= 0.3 is 0 Å². The first-order valence-electron chi connectivity index (χ1n) is 13.0. The summed E-state index contributed by atoms with van der Waals surface area (Å²) in [6.07, 6.45) is 6.10. The lowest BCUT2D eigenvalue weighted by molar-refractivity contribution is -0.118. The van der Waals surface area contributed by atoms with Crippen LogP contribution in [0.4, 0.5) is 0 Å². The Morgan fingerprint density at radius 1 is 0.944 bits per heavy atom. The van der Waals surface area contributed by atoms with Crippen LogP contribution >= 0.6 is 11.6 Å².